The third-order valence-electron chi connectivity index (χ3n) is 3.59. The van der Waals surface area contributed by atoms with Gasteiger partial charge in [-0.05, 0) is 30.5 Å². The summed E-state index contributed by atoms with van der Waals surface area (Å²) in [6.07, 6.45) is 3.76. The van der Waals surface area contributed by atoms with E-state index in [2.05, 4.69) is 17.1 Å². The number of aryl methyl sites for hydroxylation is 1. The Bertz CT molecular complexity index is 563. The van der Waals surface area contributed by atoms with Crippen LogP contribution in [0.15, 0.2) is 54.7 Å². The van der Waals surface area contributed by atoms with E-state index in [-0.39, 0.29) is 18.3 Å². The van der Waals surface area contributed by atoms with Gasteiger partial charge in [0.15, 0.2) is 0 Å². The number of aromatic nitrogens is 1. The Labute approximate surface area is 144 Å². The minimum absolute atomic E-state index is 0. The highest BCUT2D eigenvalue weighted by molar-refractivity contribution is 5.85. The van der Waals surface area contributed by atoms with E-state index in [1.165, 1.54) is 5.56 Å². The molecule has 0 saturated heterocycles. The molecule has 2 rings (SSSR count). The Hall–Kier alpha value is -1.91. The highest BCUT2D eigenvalue weighted by Gasteiger charge is 2.12. The number of rotatable bonds is 8. The highest BCUT2D eigenvalue weighted by atomic mass is 35.5. The van der Waals surface area contributed by atoms with Crippen LogP contribution in [0.3, 0.4) is 0 Å². The maximum atomic E-state index is 12.4. The van der Waals surface area contributed by atoms with Crippen molar-refractivity contribution in [3.63, 3.8) is 0 Å². The maximum absolute atomic E-state index is 12.4. The van der Waals surface area contributed by atoms with E-state index in [1.54, 1.807) is 6.20 Å². The molecule has 0 spiro atoms. The minimum atomic E-state index is 0. The molecule has 2 N–H and O–H groups in total. The average Bonchev–Trinajstić information content (AvgIpc) is 2.58. The summed E-state index contributed by atoms with van der Waals surface area (Å²) in [6, 6.07) is 16.0. The molecule has 0 radical (unpaired) electrons. The predicted molar refractivity (Wildman–Crippen MR) is 95.6 cm³/mol. The van der Waals surface area contributed by atoms with Gasteiger partial charge < -0.3 is 10.6 Å². The van der Waals surface area contributed by atoms with Gasteiger partial charge in [-0.25, -0.2) is 0 Å². The topological polar surface area (TPSA) is 59.2 Å². The number of halogens is 1. The number of benzene rings is 1. The van der Waals surface area contributed by atoms with Crippen molar-refractivity contribution in [1.82, 2.24) is 9.88 Å². The summed E-state index contributed by atoms with van der Waals surface area (Å²) in [5, 5.41) is 0. The second-order valence-corrected chi connectivity index (χ2v) is 5.23. The molecule has 0 atom stereocenters. The summed E-state index contributed by atoms with van der Waals surface area (Å²) >= 11 is 0. The third-order valence-corrected chi connectivity index (χ3v) is 3.59. The number of hydrogen-bond acceptors (Lipinski definition) is 3. The Balaban J connectivity index is 0.00000264. The van der Waals surface area contributed by atoms with Crippen LogP contribution < -0.4 is 5.73 Å². The van der Waals surface area contributed by atoms with Crippen LogP contribution in [0.2, 0.25) is 0 Å². The molecular formula is C18H24ClN3O. The molecule has 1 amide bonds. The smallest absolute Gasteiger partial charge is 0.223 e. The van der Waals surface area contributed by atoms with Gasteiger partial charge >= 0.3 is 0 Å². The first-order valence-corrected chi connectivity index (χ1v) is 7.71. The van der Waals surface area contributed by atoms with E-state index in [9.17, 15) is 4.79 Å². The van der Waals surface area contributed by atoms with Crippen LogP contribution >= 0.6 is 12.4 Å². The van der Waals surface area contributed by atoms with Crippen LogP contribution in [0.5, 0.6) is 0 Å². The highest BCUT2D eigenvalue weighted by Crippen LogP contribution is 2.05. The number of carbonyl (C=O) groups excluding carboxylic acids is 1. The van der Waals surface area contributed by atoms with E-state index < -0.39 is 0 Å². The number of amides is 1. The predicted octanol–water partition coefficient (Wildman–Crippen LogP) is 2.47. The molecule has 4 nitrogen and oxygen atoms in total. The van der Waals surface area contributed by atoms with Crippen molar-refractivity contribution in [2.45, 2.75) is 19.3 Å². The van der Waals surface area contributed by atoms with Crippen LogP contribution in [-0.4, -0.2) is 35.4 Å². The molecule has 0 bridgehead atoms. The van der Waals surface area contributed by atoms with Gasteiger partial charge in [0.05, 0.1) is 0 Å². The van der Waals surface area contributed by atoms with Crippen molar-refractivity contribution < 1.29 is 4.79 Å². The van der Waals surface area contributed by atoms with E-state index >= 15 is 0 Å². The lowest BCUT2D eigenvalue weighted by Gasteiger charge is -2.22. The number of carbonyl (C=O) groups is 1. The molecule has 23 heavy (non-hydrogen) atoms. The Morgan fingerprint density at radius 3 is 2.39 bits per heavy atom. The van der Waals surface area contributed by atoms with Crippen molar-refractivity contribution >= 4 is 18.3 Å². The molecule has 1 aromatic heterocycles. The van der Waals surface area contributed by atoms with Gasteiger partial charge in [0.1, 0.15) is 0 Å². The lowest BCUT2D eigenvalue weighted by atomic mass is 10.1. The van der Waals surface area contributed by atoms with Crippen molar-refractivity contribution in [1.29, 1.82) is 0 Å². The quantitative estimate of drug-likeness (QED) is 0.807. The largest absolute Gasteiger partial charge is 0.341 e. The summed E-state index contributed by atoms with van der Waals surface area (Å²) in [5.41, 5.74) is 7.83. The van der Waals surface area contributed by atoms with Gasteiger partial charge in [-0.1, -0.05) is 36.4 Å². The zero-order valence-electron chi connectivity index (χ0n) is 13.2. The maximum Gasteiger partial charge on any atom is 0.223 e. The summed E-state index contributed by atoms with van der Waals surface area (Å²) in [7, 11) is 0. The van der Waals surface area contributed by atoms with Gasteiger partial charge in [-0.3, -0.25) is 9.78 Å². The number of hydrogen-bond donors (Lipinski definition) is 1. The van der Waals surface area contributed by atoms with Crippen molar-refractivity contribution in [3.05, 3.63) is 66.0 Å². The second-order valence-electron chi connectivity index (χ2n) is 5.23. The fraction of sp³-hybridized carbons (Fsp3) is 0.333. The lowest BCUT2D eigenvalue weighted by molar-refractivity contribution is -0.131. The van der Waals surface area contributed by atoms with E-state index in [4.69, 9.17) is 5.73 Å². The molecule has 5 heteroatoms. The first-order valence-electron chi connectivity index (χ1n) is 7.71. The zero-order valence-corrected chi connectivity index (χ0v) is 14.0. The molecule has 0 unspecified atom stereocenters. The van der Waals surface area contributed by atoms with Crippen LogP contribution in [0, 0.1) is 0 Å². The molecule has 0 aliphatic carbocycles. The normalized spacial score (nSPS) is 9.96. The number of nitrogens with zero attached hydrogens (tertiary/aromatic N) is 2. The van der Waals surface area contributed by atoms with Gasteiger partial charge in [-0.2, -0.15) is 0 Å². The minimum Gasteiger partial charge on any atom is -0.341 e. The van der Waals surface area contributed by atoms with Crippen molar-refractivity contribution in [2.24, 2.45) is 5.73 Å². The SMILES string of the molecule is Cl.NCCN(CCc1ccccc1)C(=O)CCc1ccccn1. The first kappa shape index (κ1) is 19.1. The summed E-state index contributed by atoms with van der Waals surface area (Å²) in [5.74, 6) is 0.145. The summed E-state index contributed by atoms with van der Waals surface area (Å²) < 4.78 is 0. The first-order chi connectivity index (χ1) is 10.8. The Kier molecular flexibility index (Phi) is 8.95. The van der Waals surface area contributed by atoms with E-state index in [0.29, 0.717) is 32.5 Å². The molecule has 1 heterocycles. The zero-order chi connectivity index (χ0) is 15.6. The number of nitrogens with two attached hydrogens (primary N) is 1. The van der Waals surface area contributed by atoms with Crippen LogP contribution in [0.25, 0.3) is 0 Å². The van der Waals surface area contributed by atoms with Gasteiger partial charge in [0.25, 0.3) is 0 Å². The Morgan fingerprint density at radius 1 is 1.00 bits per heavy atom. The molecule has 1 aromatic carbocycles. The fourth-order valence-electron chi connectivity index (χ4n) is 2.36. The average molecular weight is 334 g/mol. The summed E-state index contributed by atoms with van der Waals surface area (Å²) in [6.45, 7) is 1.81. The standard InChI is InChI=1S/C18H23N3O.ClH/c19-12-15-21(14-11-16-6-2-1-3-7-16)18(22)10-9-17-8-4-5-13-20-17;/h1-8,13H,9-12,14-15,19H2;1H. The van der Waals surface area contributed by atoms with Crippen molar-refractivity contribution in [2.75, 3.05) is 19.6 Å². The third kappa shape index (κ3) is 6.80. The molecule has 0 aliphatic heterocycles. The molecule has 0 fully saturated rings. The monoisotopic (exact) mass is 333 g/mol. The van der Waals surface area contributed by atoms with Crippen molar-refractivity contribution in [3.8, 4) is 0 Å². The Morgan fingerprint density at radius 2 is 1.74 bits per heavy atom. The molecule has 124 valence electrons. The van der Waals surface area contributed by atoms with E-state index in [0.717, 1.165) is 12.1 Å². The molecule has 2 aromatic rings. The second kappa shape index (κ2) is 10.8. The number of pyridine rings is 1. The lowest BCUT2D eigenvalue weighted by Crippen LogP contribution is -2.37. The van der Waals surface area contributed by atoms with Crippen LogP contribution in [-0.2, 0) is 17.6 Å². The van der Waals surface area contributed by atoms with Gasteiger partial charge in [0, 0.05) is 37.9 Å². The van der Waals surface area contributed by atoms with E-state index in [1.807, 2.05) is 41.3 Å². The van der Waals surface area contributed by atoms with Crippen LogP contribution in [0.4, 0.5) is 0 Å². The molecule has 0 saturated carbocycles. The summed E-state index contributed by atoms with van der Waals surface area (Å²) in [4.78, 5) is 18.5. The van der Waals surface area contributed by atoms with Crippen LogP contribution in [0.1, 0.15) is 17.7 Å². The van der Waals surface area contributed by atoms with Gasteiger partial charge in [0.2, 0.25) is 5.91 Å². The molecule has 0 aliphatic rings. The van der Waals surface area contributed by atoms with Gasteiger partial charge in [-0.15, -0.1) is 12.4 Å². The molecular weight excluding hydrogens is 310 g/mol. The fourth-order valence-corrected chi connectivity index (χ4v) is 2.36.